The van der Waals surface area contributed by atoms with Crippen molar-refractivity contribution >= 4 is 5.97 Å². The highest BCUT2D eigenvalue weighted by Crippen LogP contribution is 2.08. The van der Waals surface area contributed by atoms with Crippen LogP contribution in [0.4, 0.5) is 0 Å². The molecular formula is C15H26N2O3. The monoisotopic (exact) mass is 282 g/mol. The topological polar surface area (TPSA) is 54.7 Å². The fourth-order valence-corrected chi connectivity index (χ4v) is 1.78. The van der Waals surface area contributed by atoms with Gasteiger partial charge in [-0.3, -0.25) is 0 Å². The maximum atomic E-state index is 11.3. The van der Waals surface area contributed by atoms with Gasteiger partial charge in [0.15, 0.2) is 0 Å². The van der Waals surface area contributed by atoms with Gasteiger partial charge in [0.05, 0.1) is 19.2 Å². The van der Waals surface area contributed by atoms with Crippen LogP contribution in [0.2, 0.25) is 0 Å². The molecule has 1 aromatic rings. The molecule has 0 aliphatic carbocycles. The Morgan fingerprint density at radius 2 is 2.20 bits per heavy atom. The van der Waals surface area contributed by atoms with E-state index in [9.17, 15) is 4.79 Å². The number of ether oxygens (including phenoxy) is 1. The molecule has 0 atom stereocenters. The number of hydrogen-bond acceptors (Lipinski definition) is 5. The van der Waals surface area contributed by atoms with Crippen molar-refractivity contribution < 1.29 is 13.9 Å². The Hall–Kier alpha value is -1.33. The molecule has 1 N–H and O–H groups in total. The summed E-state index contributed by atoms with van der Waals surface area (Å²) in [6.07, 6.45) is 3.73. The van der Waals surface area contributed by atoms with Crippen LogP contribution >= 0.6 is 0 Å². The molecule has 1 heterocycles. The fraction of sp³-hybridized carbons (Fsp3) is 0.667. The van der Waals surface area contributed by atoms with Gasteiger partial charge in [-0.05, 0) is 52.9 Å². The fourth-order valence-electron chi connectivity index (χ4n) is 1.78. The van der Waals surface area contributed by atoms with Gasteiger partial charge in [0.1, 0.15) is 12.0 Å². The number of rotatable bonds is 9. The Labute approximate surface area is 121 Å². The van der Waals surface area contributed by atoms with Crippen LogP contribution < -0.4 is 5.32 Å². The molecule has 20 heavy (non-hydrogen) atoms. The van der Waals surface area contributed by atoms with Crippen LogP contribution in [0, 0.1) is 0 Å². The second-order valence-electron chi connectivity index (χ2n) is 5.25. The Morgan fingerprint density at radius 3 is 2.85 bits per heavy atom. The van der Waals surface area contributed by atoms with Crippen LogP contribution in [0.5, 0.6) is 0 Å². The van der Waals surface area contributed by atoms with Gasteiger partial charge in [0, 0.05) is 6.04 Å². The van der Waals surface area contributed by atoms with Gasteiger partial charge in [-0.2, -0.15) is 0 Å². The molecule has 0 aliphatic heterocycles. The lowest BCUT2D eigenvalue weighted by Gasteiger charge is -2.20. The third kappa shape index (κ3) is 5.75. The number of furan rings is 1. The molecule has 0 saturated heterocycles. The third-order valence-electron chi connectivity index (χ3n) is 3.37. The summed E-state index contributed by atoms with van der Waals surface area (Å²) in [6.45, 7) is 7.10. The van der Waals surface area contributed by atoms with Gasteiger partial charge < -0.3 is 19.4 Å². The summed E-state index contributed by atoms with van der Waals surface area (Å²) in [5.41, 5.74) is 0.461. The van der Waals surface area contributed by atoms with E-state index in [2.05, 4.69) is 35.8 Å². The van der Waals surface area contributed by atoms with E-state index >= 15 is 0 Å². The summed E-state index contributed by atoms with van der Waals surface area (Å²) < 4.78 is 9.92. The minimum Gasteiger partial charge on any atom is -0.467 e. The zero-order valence-electron chi connectivity index (χ0n) is 12.9. The number of esters is 1. The lowest BCUT2D eigenvalue weighted by Crippen LogP contribution is -2.27. The lowest BCUT2D eigenvalue weighted by atomic mass is 10.2. The highest BCUT2D eigenvalue weighted by atomic mass is 16.5. The smallest absolute Gasteiger partial charge is 0.341 e. The Balaban J connectivity index is 2.12. The maximum absolute atomic E-state index is 11.3. The Morgan fingerprint density at radius 1 is 1.45 bits per heavy atom. The first-order chi connectivity index (χ1) is 9.54. The molecule has 0 fully saturated rings. The molecule has 0 spiro atoms. The average Bonchev–Trinajstić information content (AvgIpc) is 2.90. The van der Waals surface area contributed by atoms with E-state index in [4.69, 9.17) is 4.42 Å². The van der Waals surface area contributed by atoms with Crippen molar-refractivity contribution in [2.24, 2.45) is 0 Å². The second-order valence-corrected chi connectivity index (χ2v) is 5.25. The molecule has 0 amide bonds. The second kappa shape index (κ2) is 8.76. The van der Waals surface area contributed by atoms with Crippen molar-refractivity contribution in [3.8, 4) is 0 Å². The third-order valence-corrected chi connectivity index (χ3v) is 3.37. The van der Waals surface area contributed by atoms with Crippen LogP contribution in [0.15, 0.2) is 16.7 Å². The van der Waals surface area contributed by atoms with Crippen molar-refractivity contribution in [1.29, 1.82) is 0 Å². The standard InChI is InChI=1S/C15H26N2O3/c1-12(2)17(3)8-6-5-7-16-10-14-9-13(11-20-14)15(18)19-4/h9,11-12,16H,5-8,10H2,1-4H3. The van der Waals surface area contributed by atoms with Crippen LogP contribution in [-0.4, -0.2) is 44.2 Å². The van der Waals surface area contributed by atoms with Crippen molar-refractivity contribution in [3.63, 3.8) is 0 Å². The van der Waals surface area contributed by atoms with Crippen LogP contribution in [0.1, 0.15) is 42.8 Å². The van der Waals surface area contributed by atoms with Gasteiger partial charge in [0.2, 0.25) is 0 Å². The van der Waals surface area contributed by atoms with E-state index in [-0.39, 0.29) is 5.97 Å². The number of nitrogens with zero attached hydrogens (tertiary/aromatic N) is 1. The first-order valence-electron chi connectivity index (χ1n) is 7.11. The van der Waals surface area contributed by atoms with E-state index in [1.165, 1.54) is 19.8 Å². The van der Waals surface area contributed by atoms with Gasteiger partial charge in [-0.25, -0.2) is 4.79 Å². The number of unbranched alkanes of at least 4 members (excludes halogenated alkanes) is 1. The molecule has 0 bridgehead atoms. The van der Waals surface area contributed by atoms with Crippen LogP contribution in [-0.2, 0) is 11.3 Å². The van der Waals surface area contributed by atoms with Crippen molar-refractivity contribution in [3.05, 3.63) is 23.7 Å². The number of methoxy groups -OCH3 is 1. The van der Waals surface area contributed by atoms with E-state index in [1.54, 1.807) is 6.07 Å². The number of carbonyl (C=O) groups is 1. The summed E-state index contributed by atoms with van der Waals surface area (Å²) in [7, 11) is 3.51. The maximum Gasteiger partial charge on any atom is 0.341 e. The highest BCUT2D eigenvalue weighted by Gasteiger charge is 2.09. The molecule has 0 aliphatic rings. The normalized spacial score (nSPS) is 11.3. The first-order valence-corrected chi connectivity index (χ1v) is 7.11. The average molecular weight is 282 g/mol. The minimum absolute atomic E-state index is 0.364. The molecule has 0 saturated carbocycles. The number of carbonyl (C=O) groups excluding carboxylic acids is 1. The summed E-state index contributed by atoms with van der Waals surface area (Å²) in [6, 6.07) is 2.31. The summed E-state index contributed by atoms with van der Waals surface area (Å²) >= 11 is 0. The first kappa shape index (κ1) is 16.7. The SMILES string of the molecule is COC(=O)c1coc(CNCCCCN(C)C(C)C)c1. The summed E-state index contributed by atoms with van der Waals surface area (Å²) in [5, 5.41) is 3.31. The number of hydrogen-bond donors (Lipinski definition) is 1. The predicted molar refractivity (Wildman–Crippen MR) is 78.8 cm³/mol. The quantitative estimate of drug-likeness (QED) is 0.556. The van der Waals surface area contributed by atoms with Crippen molar-refractivity contribution in [2.75, 3.05) is 27.2 Å². The van der Waals surface area contributed by atoms with E-state index in [0.29, 0.717) is 18.2 Å². The molecule has 114 valence electrons. The molecule has 5 heteroatoms. The molecule has 5 nitrogen and oxygen atoms in total. The lowest BCUT2D eigenvalue weighted by molar-refractivity contribution is 0.0600. The van der Waals surface area contributed by atoms with E-state index < -0.39 is 0 Å². The Bertz CT molecular complexity index is 402. The van der Waals surface area contributed by atoms with Crippen LogP contribution in [0.3, 0.4) is 0 Å². The molecule has 0 aromatic carbocycles. The molecule has 0 radical (unpaired) electrons. The van der Waals surface area contributed by atoms with Gasteiger partial charge >= 0.3 is 5.97 Å². The number of nitrogens with one attached hydrogen (secondary N) is 1. The largest absolute Gasteiger partial charge is 0.467 e. The zero-order valence-corrected chi connectivity index (χ0v) is 12.9. The van der Waals surface area contributed by atoms with E-state index in [0.717, 1.165) is 25.3 Å². The summed E-state index contributed by atoms with van der Waals surface area (Å²) in [5.74, 6) is 0.390. The summed E-state index contributed by atoms with van der Waals surface area (Å²) in [4.78, 5) is 13.6. The zero-order chi connectivity index (χ0) is 15.0. The van der Waals surface area contributed by atoms with Crippen molar-refractivity contribution in [1.82, 2.24) is 10.2 Å². The van der Waals surface area contributed by atoms with Crippen molar-refractivity contribution in [2.45, 2.75) is 39.3 Å². The van der Waals surface area contributed by atoms with E-state index in [1.807, 2.05) is 0 Å². The Kier molecular flexibility index (Phi) is 7.33. The highest BCUT2D eigenvalue weighted by molar-refractivity contribution is 5.88. The minimum atomic E-state index is -0.364. The molecule has 1 aromatic heterocycles. The molecular weight excluding hydrogens is 256 g/mol. The molecule has 1 rings (SSSR count). The van der Waals surface area contributed by atoms with Crippen LogP contribution in [0.25, 0.3) is 0 Å². The molecule has 0 unspecified atom stereocenters. The van der Waals surface area contributed by atoms with Gasteiger partial charge in [0.25, 0.3) is 0 Å². The van der Waals surface area contributed by atoms with Gasteiger partial charge in [-0.1, -0.05) is 0 Å². The van der Waals surface area contributed by atoms with Gasteiger partial charge in [-0.15, -0.1) is 0 Å². The predicted octanol–water partition coefficient (Wildman–Crippen LogP) is 2.28.